The van der Waals surface area contributed by atoms with Crippen LogP contribution in [-0.2, 0) is 6.42 Å². The van der Waals surface area contributed by atoms with Gasteiger partial charge in [0, 0.05) is 39.9 Å². The molecule has 1 aromatic heterocycles. The minimum atomic E-state index is -0.257. The Labute approximate surface area is 113 Å². The molecule has 0 aromatic carbocycles. The van der Waals surface area contributed by atoms with Gasteiger partial charge in [0.1, 0.15) is 0 Å². The predicted molar refractivity (Wildman–Crippen MR) is 75.5 cm³/mol. The van der Waals surface area contributed by atoms with Gasteiger partial charge in [-0.15, -0.1) is 11.3 Å². The minimum Gasteiger partial charge on any atom is -0.391 e. The molecule has 0 amide bonds. The van der Waals surface area contributed by atoms with Crippen LogP contribution in [0.1, 0.15) is 4.88 Å². The van der Waals surface area contributed by atoms with Gasteiger partial charge in [-0.25, -0.2) is 0 Å². The van der Waals surface area contributed by atoms with E-state index in [9.17, 15) is 5.11 Å². The van der Waals surface area contributed by atoms with E-state index >= 15 is 0 Å². The number of hydrogen-bond donors (Lipinski definition) is 1. The summed E-state index contributed by atoms with van der Waals surface area (Å²) in [5, 5.41) is 12.3. The molecule has 2 atom stereocenters. The zero-order valence-electron chi connectivity index (χ0n) is 9.23. The van der Waals surface area contributed by atoms with Gasteiger partial charge in [0.15, 0.2) is 0 Å². The van der Waals surface area contributed by atoms with Crippen molar-refractivity contribution in [2.45, 2.75) is 18.6 Å². The fourth-order valence-electron chi connectivity index (χ4n) is 1.91. The third kappa shape index (κ3) is 3.01. The van der Waals surface area contributed by atoms with E-state index in [0.717, 1.165) is 23.2 Å². The lowest BCUT2D eigenvalue weighted by atomic mass is 10.1. The molecule has 2 nitrogen and oxygen atoms in total. The van der Waals surface area contributed by atoms with Gasteiger partial charge in [-0.1, -0.05) is 0 Å². The van der Waals surface area contributed by atoms with Gasteiger partial charge in [0.05, 0.1) is 6.10 Å². The summed E-state index contributed by atoms with van der Waals surface area (Å²) in [5.41, 5.74) is 0. The van der Waals surface area contributed by atoms with Gasteiger partial charge < -0.3 is 5.11 Å². The SMILES string of the molecule is CN1CCSCC1C(O)Cc1sccc1Br. The van der Waals surface area contributed by atoms with Crippen molar-refractivity contribution in [1.29, 1.82) is 0 Å². The first kappa shape index (κ1) is 12.9. The molecule has 0 radical (unpaired) electrons. The van der Waals surface area contributed by atoms with Gasteiger partial charge >= 0.3 is 0 Å². The maximum Gasteiger partial charge on any atom is 0.0751 e. The van der Waals surface area contributed by atoms with E-state index in [-0.39, 0.29) is 6.10 Å². The van der Waals surface area contributed by atoms with Crippen molar-refractivity contribution in [2.75, 3.05) is 25.1 Å². The molecule has 1 aliphatic rings. The molecule has 1 aliphatic heterocycles. The van der Waals surface area contributed by atoms with Crippen molar-refractivity contribution in [3.63, 3.8) is 0 Å². The summed E-state index contributed by atoms with van der Waals surface area (Å²) >= 11 is 7.17. The first-order valence-corrected chi connectivity index (χ1v) is 8.19. The van der Waals surface area contributed by atoms with Crippen LogP contribution in [0.15, 0.2) is 15.9 Å². The summed E-state index contributed by atoms with van der Waals surface area (Å²) < 4.78 is 1.13. The van der Waals surface area contributed by atoms with Crippen LogP contribution < -0.4 is 0 Å². The van der Waals surface area contributed by atoms with E-state index in [1.807, 2.05) is 17.8 Å². The summed E-state index contributed by atoms with van der Waals surface area (Å²) in [6.45, 7) is 1.08. The van der Waals surface area contributed by atoms with Gasteiger partial charge in [0.2, 0.25) is 0 Å². The van der Waals surface area contributed by atoms with Crippen LogP contribution in [0.25, 0.3) is 0 Å². The first-order valence-electron chi connectivity index (χ1n) is 5.36. The van der Waals surface area contributed by atoms with Crippen LogP contribution in [-0.4, -0.2) is 47.3 Å². The van der Waals surface area contributed by atoms with E-state index in [4.69, 9.17) is 0 Å². The number of halogens is 1. The van der Waals surface area contributed by atoms with Crippen LogP contribution in [0, 0.1) is 0 Å². The van der Waals surface area contributed by atoms with Gasteiger partial charge in [-0.2, -0.15) is 11.8 Å². The molecule has 2 rings (SSSR count). The van der Waals surface area contributed by atoms with Crippen molar-refractivity contribution < 1.29 is 5.11 Å². The molecule has 90 valence electrons. The van der Waals surface area contributed by atoms with Crippen molar-refractivity contribution >= 4 is 39.0 Å². The van der Waals surface area contributed by atoms with E-state index in [2.05, 4.69) is 33.3 Å². The number of aliphatic hydroxyl groups excluding tert-OH is 1. The van der Waals surface area contributed by atoms with Crippen LogP contribution in [0.5, 0.6) is 0 Å². The highest BCUT2D eigenvalue weighted by atomic mass is 79.9. The molecule has 2 heterocycles. The third-order valence-electron chi connectivity index (χ3n) is 2.97. The average Bonchev–Trinajstić information content (AvgIpc) is 2.65. The van der Waals surface area contributed by atoms with E-state index in [1.54, 1.807) is 11.3 Å². The Kier molecular flexibility index (Phi) is 4.73. The highest BCUT2D eigenvalue weighted by molar-refractivity contribution is 9.10. The van der Waals surface area contributed by atoms with Crippen molar-refractivity contribution in [3.8, 4) is 0 Å². The monoisotopic (exact) mass is 321 g/mol. The molecular formula is C11H16BrNOS2. The highest BCUT2D eigenvalue weighted by Gasteiger charge is 2.27. The number of thiophene rings is 1. The van der Waals surface area contributed by atoms with Gasteiger partial charge in [0.25, 0.3) is 0 Å². The summed E-state index contributed by atoms with van der Waals surface area (Å²) in [7, 11) is 2.11. The molecule has 0 aliphatic carbocycles. The van der Waals surface area contributed by atoms with Gasteiger partial charge in [-0.3, -0.25) is 4.90 Å². The zero-order valence-corrected chi connectivity index (χ0v) is 12.4. The molecule has 5 heteroatoms. The Balaban J connectivity index is 1.96. The molecule has 1 saturated heterocycles. The number of rotatable bonds is 3. The highest BCUT2D eigenvalue weighted by Crippen LogP contribution is 2.26. The molecule has 0 saturated carbocycles. The molecule has 16 heavy (non-hydrogen) atoms. The molecule has 2 unspecified atom stereocenters. The predicted octanol–water partition coefficient (Wildman–Crippen LogP) is 2.46. The second-order valence-corrected chi connectivity index (χ2v) is 7.09. The maximum absolute atomic E-state index is 10.3. The maximum atomic E-state index is 10.3. The Morgan fingerprint density at radius 2 is 2.50 bits per heavy atom. The molecular weight excluding hydrogens is 306 g/mol. The Hall–Kier alpha value is 0.450. The first-order chi connectivity index (χ1) is 7.68. The summed E-state index contributed by atoms with van der Waals surface area (Å²) in [4.78, 5) is 3.53. The Bertz CT molecular complexity index is 344. The largest absolute Gasteiger partial charge is 0.391 e. The second kappa shape index (κ2) is 5.87. The lowest BCUT2D eigenvalue weighted by Crippen LogP contribution is -2.47. The number of aliphatic hydroxyl groups is 1. The van der Waals surface area contributed by atoms with E-state index in [1.165, 1.54) is 10.6 Å². The molecule has 1 N–H and O–H groups in total. The molecule has 0 bridgehead atoms. The van der Waals surface area contributed by atoms with E-state index < -0.39 is 0 Å². The summed E-state index contributed by atoms with van der Waals surface area (Å²) in [6, 6.07) is 2.35. The third-order valence-corrected chi connectivity index (χ3v) is 5.97. The summed E-state index contributed by atoms with van der Waals surface area (Å²) in [5.74, 6) is 2.23. The van der Waals surface area contributed by atoms with Crippen LogP contribution in [0.3, 0.4) is 0 Å². The average molecular weight is 322 g/mol. The zero-order chi connectivity index (χ0) is 11.5. The lowest BCUT2D eigenvalue weighted by molar-refractivity contribution is 0.0768. The van der Waals surface area contributed by atoms with Crippen molar-refractivity contribution in [3.05, 3.63) is 20.8 Å². The Morgan fingerprint density at radius 3 is 3.12 bits per heavy atom. The fourth-order valence-corrected chi connectivity index (χ4v) is 4.77. The minimum absolute atomic E-state index is 0.257. The molecule has 0 spiro atoms. The van der Waals surface area contributed by atoms with Crippen LogP contribution >= 0.6 is 39.0 Å². The fraction of sp³-hybridized carbons (Fsp3) is 0.636. The smallest absolute Gasteiger partial charge is 0.0751 e. The Morgan fingerprint density at radius 1 is 1.69 bits per heavy atom. The van der Waals surface area contributed by atoms with Gasteiger partial charge in [-0.05, 0) is 34.4 Å². The second-order valence-electron chi connectivity index (χ2n) is 4.09. The number of thioether (sulfide) groups is 1. The number of hydrogen-bond acceptors (Lipinski definition) is 4. The molecule has 1 fully saturated rings. The summed E-state index contributed by atoms with van der Waals surface area (Å²) in [6.07, 6.45) is 0.501. The van der Waals surface area contributed by atoms with Crippen LogP contribution in [0.2, 0.25) is 0 Å². The quantitative estimate of drug-likeness (QED) is 0.925. The van der Waals surface area contributed by atoms with Crippen LogP contribution in [0.4, 0.5) is 0 Å². The standard InChI is InChI=1S/C11H16BrNOS2/c1-13-3-5-15-7-9(13)10(14)6-11-8(12)2-4-16-11/h2,4,9-10,14H,3,5-7H2,1H3. The van der Waals surface area contributed by atoms with E-state index in [0.29, 0.717) is 6.04 Å². The normalized spacial score (nSPS) is 24.6. The van der Waals surface area contributed by atoms with Crippen molar-refractivity contribution in [2.24, 2.45) is 0 Å². The number of nitrogens with zero attached hydrogens (tertiary/aromatic N) is 1. The topological polar surface area (TPSA) is 23.5 Å². The number of likely N-dealkylation sites (N-methyl/N-ethyl adjacent to an activating group) is 1. The van der Waals surface area contributed by atoms with Crippen molar-refractivity contribution in [1.82, 2.24) is 4.90 Å². The lowest BCUT2D eigenvalue weighted by Gasteiger charge is -2.35. The molecule has 1 aromatic rings.